The minimum Gasteiger partial charge on any atom is -0.462 e. The molecule has 6 nitrogen and oxygen atoms in total. The van der Waals surface area contributed by atoms with Gasteiger partial charge in [-0.15, -0.1) is 0 Å². The van der Waals surface area contributed by atoms with E-state index < -0.39 is 6.10 Å². The fourth-order valence-electron chi connectivity index (χ4n) is 11.3. The van der Waals surface area contributed by atoms with Gasteiger partial charge in [0.05, 0.1) is 0 Å². The smallest absolute Gasteiger partial charge is 0.306 e. The Morgan fingerprint density at radius 1 is 0.208 bits per heavy atom. The predicted octanol–water partition coefficient (Wildman–Crippen LogP) is 24.2. The van der Waals surface area contributed by atoms with Gasteiger partial charge in [-0.25, -0.2) is 0 Å². The number of hydrogen-bond acceptors (Lipinski definition) is 6. The van der Waals surface area contributed by atoms with Crippen LogP contribution in [0.25, 0.3) is 0 Å². The van der Waals surface area contributed by atoms with Crippen molar-refractivity contribution in [2.75, 3.05) is 13.2 Å². The summed E-state index contributed by atoms with van der Waals surface area (Å²) >= 11 is 0. The zero-order chi connectivity index (χ0) is 55.7. The summed E-state index contributed by atoms with van der Waals surface area (Å²) in [6.07, 6.45) is 78.8. The van der Waals surface area contributed by atoms with Crippen molar-refractivity contribution in [2.45, 2.75) is 425 Å². The van der Waals surface area contributed by atoms with Gasteiger partial charge in [-0.3, -0.25) is 14.4 Å². The average Bonchev–Trinajstić information content (AvgIpc) is 3.43. The first-order chi connectivity index (χ1) is 38.0. The summed E-state index contributed by atoms with van der Waals surface area (Å²) in [5, 5.41) is 0. The maximum Gasteiger partial charge on any atom is 0.306 e. The largest absolute Gasteiger partial charge is 0.462 e. The predicted molar refractivity (Wildman–Crippen MR) is 335 cm³/mol. The van der Waals surface area contributed by atoms with E-state index in [0.717, 1.165) is 57.8 Å². The highest BCUT2D eigenvalue weighted by molar-refractivity contribution is 5.71. The van der Waals surface area contributed by atoms with Gasteiger partial charge in [0.1, 0.15) is 13.2 Å². The Morgan fingerprint density at radius 2 is 0.351 bits per heavy atom. The van der Waals surface area contributed by atoms with Gasteiger partial charge in [0, 0.05) is 19.3 Å². The highest BCUT2D eigenvalue weighted by Gasteiger charge is 2.19. The van der Waals surface area contributed by atoms with Crippen molar-refractivity contribution < 1.29 is 28.6 Å². The van der Waals surface area contributed by atoms with E-state index >= 15 is 0 Å². The van der Waals surface area contributed by atoms with Crippen molar-refractivity contribution in [3.05, 3.63) is 0 Å². The average molecular weight is 1090 g/mol. The van der Waals surface area contributed by atoms with E-state index in [1.54, 1.807) is 0 Å². The topological polar surface area (TPSA) is 78.9 Å². The summed E-state index contributed by atoms with van der Waals surface area (Å²) in [6, 6.07) is 0. The molecule has 6 heteroatoms. The Labute approximate surface area is 482 Å². The lowest BCUT2D eigenvalue weighted by molar-refractivity contribution is -0.167. The van der Waals surface area contributed by atoms with Crippen molar-refractivity contribution >= 4 is 17.9 Å². The van der Waals surface area contributed by atoms with Crippen LogP contribution in [-0.4, -0.2) is 37.2 Å². The number of carbonyl (C=O) groups excluding carboxylic acids is 3. The van der Waals surface area contributed by atoms with Crippen LogP contribution in [0.2, 0.25) is 0 Å². The first-order valence-electron chi connectivity index (χ1n) is 35.5. The Kier molecular flexibility index (Phi) is 65.5. The molecule has 0 radical (unpaired) electrons. The summed E-state index contributed by atoms with van der Waals surface area (Å²) in [4.78, 5) is 38.2. The molecule has 1 atom stereocenters. The molecule has 0 N–H and O–H groups in total. The summed E-state index contributed by atoms with van der Waals surface area (Å²) in [6.45, 7) is 6.71. The fourth-order valence-corrected chi connectivity index (χ4v) is 11.3. The summed E-state index contributed by atoms with van der Waals surface area (Å²) < 4.78 is 16.9. The zero-order valence-corrected chi connectivity index (χ0v) is 52.8. The van der Waals surface area contributed by atoms with Crippen LogP contribution in [0.4, 0.5) is 0 Å². The molecular formula is C71H138O6. The van der Waals surface area contributed by atoms with Crippen LogP contribution in [0.3, 0.4) is 0 Å². The van der Waals surface area contributed by atoms with Crippen molar-refractivity contribution in [1.82, 2.24) is 0 Å². The highest BCUT2D eigenvalue weighted by Crippen LogP contribution is 2.20. The van der Waals surface area contributed by atoms with E-state index in [0.29, 0.717) is 19.3 Å². The van der Waals surface area contributed by atoms with Gasteiger partial charge < -0.3 is 14.2 Å². The molecule has 1 unspecified atom stereocenters. The molecule has 0 saturated heterocycles. The number of unbranched alkanes of at least 4 members (excludes halogenated alkanes) is 56. The van der Waals surface area contributed by atoms with Gasteiger partial charge in [-0.05, 0) is 19.3 Å². The first kappa shape index (κ1) is 75.4. The molecule has 0 fully saturated rings. The molecule has 0 aromatic rings. The van der Waals surface area contributed by atoms with Crippen LogP contribution in [0.15, 0.2) is 0 Å². The SMILES string of the molecule is CCCCCCCCCCCCCCCCCCCCCCCCCCCCCCCCCC(=O)OCC(COC(=O)CCCCCCCCCCC)OC(=O)CCCCCCCCCCCCCCCCCCCCC. The zero-order valence-electron chi connectivity index (χ0n) is 52.8. The molecule has 458 valence electrons. The van der Waals surface area contributed by atoms with Crippen molar-refractivity contribution in [2.24, 2.45) is 0 Å². The molecule has 0 bridgehead atoms. The second kappa shape index (κ2) is 66.9. The second-order valence-corrected chi connectivity index (χ2v) is 24.5. The van der Waals surface area contributed by atoms with Crippen LogP contribution in [-0.2, 0) is 28.6 Å². The number of rotatable bonds is 67. The maximum absolute atomic E-state index is 12.9. The summed E-state index contributed by atoms with van der Waals surface area (Å²) in [7, 11) is 0. The van der Waals surface area contributed by atoms with Crippen LogP contribution in [0, 0.1) is 0 Å². The van der Waals surface area contributed by atoms with E-state index in [4.69, 9.17) is 14.2 Å². The first-order valence-corrected chi connectivity index (χ1v) is 35.5. The van der Waals surface area contributed by atoms with Crippen molar-refractivity contribution in [3.63, 3.8) is 0 Å². The van der Waals surface area contributed by atoms with Crippen molar-refractivity contribution in [1.29, 1.82) is 0 Å². The van der Waals surface area contributed by atoms with E-state index in [9.17, 15) is 14.4 Å². The Morgan fingerprint density at radius 3 is 0.519 bits per heavy atom. The molecule has 0 saturated carbocycles. The minimum atomic E-state index is -0.762. The molecule has 0 spiro atoms. The van der Waals surface area contributed by atoms with E-state index in [1.165, 1.54) is 321 Å². The summed E-state index contributed by atoms with van der Waals surface area (Å²) in [5.41, 5.74) is 0. The lowest BCUT2D eigenvalue weighted by Crippen LogP contribution is -2.30. The van der Waals surface area contributed by atoms with Crippen LogP contribution in [0.5, 0.6) is 0 Å². The van der Waals surface area contributed by atoms with Gasteiger partial charge in [-0.1, -0.05) is 380 Å². The molecule has 0 heterocycles. The normalized spacial score (nSPS) is 11.9. The molecule has 0 aliphatic carbocycles. The second-order valence-electron chi connectivity index (χ2n) is 24.5. The van der Waals surface area contributed by atoms with Crippen LogP contribution in [0.1, 0.15) is 419 Å². The van der Waals surface area contributed by atoms with Crippen molar-refractivity contribution in [3.8, 4) is 0 Å². The van der Waals surface area contributed by atoms with Gasteiger partial charge in [0.15, 0.2) is 6.10 Å². The molecule has 0 aliphatic heterocycles. The molecule has 0 amide bonds. The quantitative estimate of drug-likeness (QED) is 0.0343. The monoisotopic (exact) mass is 1090 g/mol. The molecular weight excluding hydrogens is 949 g/mol. The minimum absolute atomic E-state index is 0.0608. The Balaban J connectivity index is 4.01. The van der Waals surface area contributed by atoms with Crippen LogP contribution < -0.4 is 0 Å². The molecule has 0 aromatic heterocycles. The number of carbonyl (C=O) groups is 3. The lowest BCUT2D eigenvalue weighted by atomic mass is 10.0. The third-order valence-corrected chi connectivity index (χ3v) is 16.6. The van der Waals surface area contributed by atoms with E-state index in [1.807, 2.05) is 0 Å². The number of esters is 3. The van der Waals surface area contributed by atoms with Crippen LogP contribution >= 0.6 is 0 Å². The maximum atomic E-state index is 12.9. The molecule has 0 aliphatic rings. The van der Waals surface area contributed by atoms with Gasteiger partial charge in [-0.2, -0.15) is 0 Å². The molecule has 0 rings (SSSR count). The molecule has 0 aromatic carbocycles. The Bertz CT molecular complexity index is 1160. The summed E-state index contributed by atoms with van der Waals surface area (Å²) in [5.74, 6) is -0.828. The lowest BCUT2D eigenvalue weighted by Gasteiger charge is -2.18. The fraction of sp³-hybridized carbons (Fsp3) is 0.958. The van der Waals surface area contributed by atoms with Gasteiger partial charge in [0.25, 0.3) is 0 Å². The Hall–Kier alpha value is -1.59. The van der Waals surface area contributed by atoms with Gasteiger partial charge in [0.2, 0.25) is 0 Å². The van der Waals surface area contributed by atoms with Gasteiger partial charge >= 0.3 is 17.9 Å². The third kappa shape index (κ3) is 65.1. The van der Waals surface area contributed by atoms with E-state index in [-0.39, 0.29) is 31.1 Å². The van der Waals surface area contributed by atoms with E-state index in [2.05, 4.69) is 20.8 Å². The number of ether oxygens (including phenoxy) is 3. The standard InChI is InChI=1S/C71H138O6/c1-4-7-10-13-16-19-21-23-25-27-29-30-31-32-33-34-35-36-37-38-39-40-42-43-45-47-49-52-55-58-61-64-70(73)76-67-68(66-75-69(72)63-60-57-54-51-18-15-12-9-6-3)77-71(74)65-62-59-56-53-50-48-46-44-41-28-26-24-22-20-17-14-11-8-5-2/h68H,4-67H2,1-3H3. The highest BCUT2D eigenvalue weighted by atomic mass is 16.6. The molecule has 77 heavy (non-hydrogen) atoms. The third-order valence-electron chi connectivity index (χ3n) is 16.6. The number of hydrogen-bond donors (Lipinski definition) is 0.